The van der Waals surface area contributed by atoms with E-state index in [2.05, 4.69) is 11.4 Å². The number of nitro benzene ring substituents is 1. The molecular formula is C24H24N2O6. The summed E-state index contributed by atoms with van der Waals surface area (Å²) in [5.74, 6) is 1.68. The van der Waals surface area contributed by atoms with E-state index in [0.29, 0.717) is 23.9 Å². The van der Waals surface area contributed by atoms with Crippen molar-refractivity contribution < 1.29 is 23.9 Å². The van der Waals surface area contributed by atoms with Crippen LogP contribution in [-0.4, -0.2) is 24.0 Å². The SMILES string of the molecule is CCOc1ccc(NC(=O)COc2ccc(Oc3cc(C)cc(C)c3)cc2)c([N+](=O)[O-])c1. The van der Waals surface area contributed by atoms with Crippen molar-refractivity contribution in [3.63, 3.8) is 0 Å². The molecule has 3 aromatic rings. The van der Waals surface area contributed by atoms with E-state index in [1.54, 1.807) is 37.3 Å². The van der Waals surface area contributed by atoms with Crippen LogP contribution < -0.4 is 19.5 Å². The van der Waals surface area contributed by atoms with Gasteiger partial charge in [0.15, 0.2) is 6.61 Å². The highest BCUT2D eigenvalue weighted by Crippen LogP contribution is 2.29. The average Bonchev–Trinajstić information content (AvgIpc) is 2.73. The molecule has 0 aliphatic carbocycles. The fourth-order valence-corrected chi connectivity index (χ4v) is 3.09. The van der Waals surface area contributed by atoms with Crippen molar-refractivity contribution in [2.24, 2.45) is 0 Å². The van der Waals surface area contributed by atoms with Crippen LogP contribution in [0.3, 0.4) is 0 Å². The summed E-state index contributed by atoms with van der Waals surface area (Å²) in [6.07, 6.45) is 0. The summed E-state index contributed by atoms with van der Waals surface area (Å²) in [6, 6.07) is 17.1. The summed E-state index contributed by atoms with van der Waals surface area (Å²) in [7, 11) is 0. The molecule has 8 nitrogen and oxygen atoms in total. The van der Waals surface area contributed by atoms with Crippen molar-refractivity contribution in [3.8, 4) is 23.0 Å². The number of nitro groups is 1. The summed E-state index contributed by atoms with van der Waals surface area (Å²) in [6.45, 7) is 5.86. The van der Waals surface area contributed by atoms with Gasteiger partial charge in [-0.2, -0.15) is 0 Å². The highest BCUT2D eigenvalue weighted by atomic mass is 16.6. The lowest BCUT2D eigenvalue weighted by Crippen LogP contribution is -2.20. The Morgan fingerprint density at radius 1 is 0.875 bits per heavy atom. The monoisotopic (exact) mass is 436 g/mol. The summed E-state index contributed by atoms with van der Waals surface area (Å²) in [5.41, 5.74) is 2.04. The minimum absolute atomic E-state index is 0.0734. The van der Waals surface area contributed by atoms with Crippen molar-refractivity contribution >= 4 is 17.3 Å². The molecule has 0 heterocycles. The first-order chi connectivity index (χ1) is 15.3. The van der Waals surface area contributed by atoms with Crippen LogP contribution in [0, 0.1) is 24.0 Å². The quantitative estimate of drug-likeness (QED) is 0.355. The molecule has 0 saturated carbocycles. The number of nitrogens with one attached hydrogen (secondary N) is 1. The Balaban J connectivity index is 1.57. The van der Waals surface area contributed by atoms with Crippen LogP contribution in [0.4, 0.5) is 11.4 Å². The summed E-state index contributed by atoms with van der Waals surface area (Å²) >= 11 is 0. The van der Waals surface area contributed by atoms with E-state index >= 15 is 0 Å². The predicted molar refractivity (Wildman–Crippen MR) is 121 cm³/mol. The number of carbonyl (C=O) groups excluding carboxylic acids is 1. The van der Waals surface area contributed by atoms with Gasteiger partial charge in [-0.1, -0.05) is 6.07 Å². The molecule has 0 unspecified atom stereocenters. The Hall–Kier alpha value is -4.07. The third-order valence-corrected chi connectivity index (χ3v) is 4.38. The molecule has 0 aliphatic heterocycles. The third kappa shape index (κ3) is 6.21. The van der Waals surface area contributed by atoms with Crippen LogP contribution in [0.5, 0.6) is 23.0 Å². The summed E-state index contributed by atoms with van der Waals surface area (Å²) < 4.78 is 16.6. The van der Waals surface area contributed by atoms with Crippen LogP contribution in [0.1, 0.15) is 18.1 Å². The van der Waals surface area contributed by atoms with Gasteiger partial charge in [-0.05, 0) is 80.4 Å². The Morgan fingerprint density at radius 2 is 1.50 bits per heavy atom. The van der Waals surface area contributed by atoms with Gasteiger partial charge in [-0.15, -0.1) is 0 Å². The Morgan fingerprint density at radius 3 is 2.12 bits per heavy atom. The maximum absolute atomic E-state index is 12.2. The van der Waals surface area contributed by atoms with Crippen molar-refractivity contribution in [2.45, 2.75) is 20.8 Å². The number of amides is 1. The van der Waals surface area contributed by atoms with Crippen LogP contribution in [0.25, 0.3) is 0 Å². The zero-order chi connectivity index (χ0) is 23.1. The van der Waals surface area contributed by atoms with Gasteiger partial charge in [0, 0.05) is 0 Å². The number of nitrogens with zero attached hydrogens (tertiary/aromatic N) is 1. The Bertz CT molecular complexity index is 1090. The zero-order valence-electron chi connectivity index (χ0n) is 18.1. The lowest BCUT2D eigenvalue weighted by Gasteiger charge is -2.11. The molecule has 3 aromatic carbocycles. The Kier molecular flexibility index (Phi) is 7.28. The second-order valence-corrected chi connectivity index (χ2v) is 7.10. The number of anilines is 1. The zero-order valence-corrected chi connectivity index (χ0v) is 18.1. The number of rotatable bonds is 9. The maximum atomic E-state index is 12.2. The van der Waals surface area contributed by atoms with Crippen LogP contribution in [-0.2, 0) is 4.79 Å². The molecule has 32 heavy (non-hydrogen) atoms. The molecule has 0 fully saturated rings. The molecule has 1 amide bonds. The second-order valence-electron chi connectivity index (χ2n) is 7.10. The van der Waals surface area contributed by atoms with Gasteiger partial charge in [-0.25, -0.2) is 0 Å². The standard InChI is InChI=1S/C24H24N2O6/c1-4-30-20-9-10-22(23(14-20)26(28)29)25-24(27)15-31-18-5-7-19(8-6-18)32-21-12-16(2)11-17(3)13-21/h5-14H,4,15H2,1-3H3,(H,25,27). The van der Waals surface area contributed by atoms with E-state index in [-0.39, 0.29) is 18.0 Å². The van der Waals surface area contributed by atoms with E-state index in [4.69, 9.17) is 14.2 Å². The molecular weight excluding hydrogens is 412 g/mol. The van der Waals surface area contributed by atoms with E-state index in [1.807, 2.05) is 26.0 Å². The first-order valence-electron chi connectivity index (χ1n) is 10.0. The average molecular weight is 436 g/mol. The van der Waals surface area contributed by atoms with Crippen molar-refractivity contribution in [3.05, 3.63) is 81.9 Å². The molecule has 166 valence electrons. The lowest BCUT2D eigenvalue weighted by molar-refractivity contribution is -0.384. The van der Waals surface area contributed by atoms with Crippen molar-refractivity contribution in [2.75, 3.05) is 18.5 Å². The maximum Gasteiger partial charge on any atom is 0.296 e. The molecule has 0 aliphatic rings. The second kappa shape index (κ2) is 10.3. The molecule has 0 spiro atoms. The molecule has 0 saturated heterocycles. The van der Waals surface area contributed by atoms with Gasteiger partial charge in [0.2, 0.25) is 0 Å². The van der Waals surface area contributed by atoms with Crippen molar-refractivity contribution in [1.29, 1.82) is 0 Å². The fourth-order valence-electron chi connectivity index (χ4n) is 3.09. The van der Waals surface area contributed by atoms with Gasteiger partial charge in [0.05, 0.1) is 17.6 Å². The largest absolute Gasteiger partial charge is 0.494 e. The molecule has 0 radical (unpaired) electrons. The highest BCUT2D eigenvalue weighted by molar-refractivity contribution is 5.94. The lowest BCUT2D eigenvalue weighted by atomic mass is 10.1. The van der Waals surface area contributed by atoms with E-state index in [1.165, 1.54) is 12.1 Å². The van der Waals surface area contributed by atoms with Gasteiger partial charge in [-0.3, -0.25) is 14.9 Å². The van der Waals surface area contributed by atoms with Gasteiger partial charge in [0.1, 0.15) is 28.7 Å². The molecule has 0 bridgehead atoms. The summed E-state index contributed by atoms with van der Waals surface area (Å²) in [4.78, 5) is 22.9. The Labute approximate surface area is 185 Å². The fraction of sp³-hybridized carbons (Fsp3) is 0.208. The number of hydrogen-bond donors (Lipinski definition) is 1. The number of ether oxygens (including phenoxy) is 3. The normalized spacial score (nSPS) is 10.3. The van der Waals surface area contributed by atoms with E-state index in [9.17, 15) is 14.9 Å². The van der Waals surface area contributed by atoms with Crippen LogP contribution in [0.15, 0.2) is 60.7 Å². The molecule has 0 atom stereocenters. The number of carbonyl (C=O) groups is 1. The molecule has 8 heteroatoms. The molecule has 1 N–H and O–H groups in total. The predicted octanol–water partition coefficient (Wildman–Crippen LogP) is 5.42. The van der Waals surface area contributed by atoms with Gasteiger partial charge >= 0.3 is 0 Å². The number of aryl methyl sites for hydroxylation is 2. The highest BCUT2D eigenvalue weighted by Gasteiger charge is 2.17. The smallest absolute Gasteiger partial charge is 0.296 e. The number of hydrogen-bond acceptors (Lipinski definition) is 6. The van der Waals surface area contributed by atoms with Crippen LogP contribution in [0.2, 0.25) is 0 Å². The molecule has 3 rings (SSSR count). The first-order valence-corrected chi connectivity index (χ1v) is 10.0. The van der Waals surface area contributed by atoms with Gasteiger partial charge < -0.3 is 19.5 Å². The minimum Gasteiger partial charge on any atom is -0.494 e. The van der Waals surface area contributed by atoms with Crippen LogP contribution >= 0.6 is 0 Å². The molecule has 0 aromatic heterocycles. The van der Waals surface area contributed by atoms with E-state index in [0.717, 1.165) is 16.9 Å². The number of benzene rings is 3. The summed E-state index contributed by atoms with van der Waals surface area (Å²) in [5, 5.41) is 13.8. The minimum atomic E-state index is -0.576. The van der Waals surface area contributed by atoms with Gasteiger partial charge in [0.25, 0.3) is 11.6 Å². The van der Waals surface area contributed by atoms with Crippen molar-refractivity contribution in [1.82, 2.24) is 0 Å². The third-order valence-electron chi connectivity index (χ3n) is 4.38. The first kappa shape index (κ1) is 22.6. The topological polar surface area (TPSA) is 99.9 Å². The van der Waals surface area contributed by atoms with E-state index < -0.39 is 10.8 Å².